The van der Waals surface area contributed by atoms with Crippen molar-refractivity contribution in [1.29, 1.82) is 0 Å². The third-order valence-electron chi connectivity index (χ3n) is 5.18. The van der Waals surface area contributed by atoms with Crippen molar-refractivity contribution in [1.82, 2.24) is 0 Å². The van der Waals surface area contributed by atoms with Crippen molar-refractivity contribution in [3.8, 4) is 0 Å². The van der Waals surface area contributed by atoms with Crippen molar-refractivity contribution in [3.63, 3.8) is 0 Å². The van der Waals surface area contributed by atoms with Gasteiger partial charge in [-0.15, -0.1) is 0 Å². The van der Waals surface area contributed by atoms with E-state index < -0.39 is 7.26 Å². The molecule has 0 saturated heterocycles. The highest BCUT2D eigenvalue weighted by Gasteiger charge is 2.44. The highest BCUT2D eigenvalue weighted by Crippen LogP contribution is 2.55. The van der Waals surface area contributed by atoms with Crippen LogP contribution in [0.3, 0.4) is 0 Å². The molecule has 0 aliphatic rings. The second kappa shape index (κ2) is 10.7. The molecule has 0 bridgehead atoms. The van der Waals surface area contributed by atoms with E-state index in [1.54, 1.807) is 0 Å². The summed E-state index contributed by atoms with van der Waals surface area (Å²) >= 11 is 0. The molecule has 2 heteroatoms. The van der Waals surface area contributed by atoms with Gasteiger partial charge in [-0.25, -0.2) is 0 Å². The van der Waals surface area contributed by atoms with Gasteiger partial charge in [0.1, 0.15) is 29.5 Å². The maximum Gasteiger partial charge on any atom is 0.145 e. The molecule has 0 heterocycles. The van der Waals surface area contributed by atoms with Crippen LogP contribution >= 0.6 is 7.26 Å². The normalized spacial score (nSPS) is 12.9. The Labute approximate surface area is 180 Å². The Morgan fingerprint density at radius 1 is 0.700 bits per heavy atom. The van der Waals surface area contributed by atoms with E-state index in [-0.39, 0.29) is 0 Å². The second-order valence-corrected chi connectivity index (χ2v) is 10.9. The smallest absolute Gasteiger partial charge is 0.145 e. The van der Waals surface area contributed by atoms with Gasteiger partial charge in [0.05, 0.1) is 6.16 Å². The van der Waals surface area contributed by atoms with Crippen LogP contribution in [0.2, 0.25) is 0 Å². The van der Waals surface area contributed by atoms with Crippen molar-refractivity contribution in [2.24, 2.45) is 0 Å². The Morgan fingerprint density at radius 2 is 1.13 bits per heavy atom. The summed E-state index contributed by atoms with van der Waals surface area (Å²) in [5.74, 6) is 0. The lowest BCUT2D eigenvalue weighted by molar-refractivity contribution is -0.104. The molecule has 0 unspecified atom stereocenters. The van der Waals surface area contributed by atoms with Gasteiger partial charge < -0.3 is 0 Å². The molecule has 0 spiro atoms. The predicted molar refractivity (Wildman–Crippen MR) is 133 cm³/mol. The van der Waals surface area contributed by atoms with Gasteiger partial charge in [0, 0.05) is 0 Å². The fourth-order valence-corrected chi connectivity index (χ4v) is 7.68. The van der Waals surface area contributed by atoms with Gasteiger partial charge in [-0.05, 0) is 61.9 Å². The van der Waals surface area contributed by atoms with Gasteiger partial charge in [0.25, 0.3) is 0 Å². The van der Waals surface area contributed by atoms with Crippen molar-refractivity contribution < 1.29 is 4.79 Å². The number of aldehydes is 1. The van der Waals surface area contributed by atoms with Gasteiger partial charge in [-0.3, -0.25) is 4.79 Å². The Kier molecular flexibility index (Phi) is 7.71. The molecule has 0 fully saturated rings. The SMILES string of the molecule is CC(C=O)=CC=CC(C)=CC[P+](c1ccccc1)(c1ccccc1)c1ccccc1. The summed E-state index contributed by atoms with van der Waals surface area (Å²) in [5, 5.41) is 4.14. The third-order valence-corrected chi connectivity index (χ3v) is 9.45. The molecule has 3 rings (SSSR count). The second-order valence-electron chi connectivity index (χ2n) is 7.33. The van der Waals surface area contributed by atoms with Crippen LogP contribution in [0.25, 0.3) is 0 Å². The van der Waals surface area contributed by atoms with Crippen LogP contribution in [0.5, 0.6) is 0 Å². The minimum atomic E-state index is -1.85. The van der Waals surface area contributed by atoms with E-state index in [4.69, 9.17) is 0 Å². The highest BCUT2D eigenvalue weighted by atomic mass is 31.2. The molecule has 30 heavy (non-hydrogen) atoms. The summed E-state index contributed by atoms with van der Waals surface area (Å²) in [4.78, 5) is 10.8. The number of carbonyl (C=O) groups excluding carboxylic acids is 1. The topological polar surface area (TPSA) is 17.1 Å². The van der Waals surface area contributed by atoms with E-state index >= 15 is 0 Å². The molecule has 0 aromatic heterocycles. The maximum absolute atomic E-state index is 10.8. The van der Waals surface area contributed by atoms with E-state index in [2.05, 4.69) is 110 Å². The van der Waals surface area contributed by atoms with Gasteiger partial charge in [0.2, 0.25) is 0 Å². The molecule has 0 aliphatic heterocycles. The molecule has 1 nitrogen and oxygen atoms in total. The highest BCUT2D eigenvalue weighted by molar-refractivity contribution is 7.95. The fraction of sp³-hybridized carbons (Fsp3) is 0.107. The van der Waals surface area contributed by atoms with Gasteiger partial charge in [-0.2, -0.15) is 0 Å². The van der Waals surface area contributed by atoms with Crippen LogP contribution in [0.15, 0.2) is 126 Å². The van der Waals surface area contributed by atoms with Crippen molar-refractivity contribution in [3.05, 3.63) is 126 Å². The van der Waals surface area contributed by atoms with E-state index in [0.717, 1.165) is 18.0 Å². The Morgan fingerprint density at radius 3 is 1.53 bits per heavy atom. The quantitative estimate of drug-likeness (QED) is 0.203. The van der Waals surface area contributed by atoms with Crippen LogP contribution in [0.4, 0.5) is 0 Å². The Bertz CT molecular complexity index is 935. The van der Waals surface area contributed by atoms with Crippen LogP contribution in [0.1, 0.15) is 13.8 Å². The Balaban J connectivity index is 2.12. The zero-order valence-electron chi connectivity index (χ0n) is 17.6. The first-order valence-electron chi connectivity index (χ1n) is 10.2. The summed E-state index contributed by atoms with van der Waals surface area (Å²) in [7, 11) is -1.85. The molecule has 150 valence electrons. The standard InChI is InChI=1S/C28H28OP/c1-24(13-12-14-25(2)23-29)21-22-30(26-15-6-3-7-16-26,27-17-8-4-9-18-27)28-19-10-5-11-20-28/h3-21,23H,22H2,1-2H3/q+1. The first-order chi connectivity index (χ1) is 14.7. The molecule has 3 aromatic carbocycles. The molecule has 0 aliphatic carbocycles. The van der Waals surface area contributed by atoms with E-state index in [0.29, 0.717) is 0 Å². The molecule has 0 saturated carbocycles. The van der Waals surface area contributed by atoms with Gasteiger partial charge in [0.15, 0.2) is 0 Å². The third kappa shape index (κ3) is 5.12. The average molecular weight is 412 g/mol. The minimum absolute atomic E-state index is 0.721. The van der Waals surface area contributed by atoms with Crippen molar-refractivity contribution >= 4 is 29.5 Å². The molecule has 0 amide bonds. The summed E-state index contributed by atoms with van der Waals surface area (Å²) < 4.78 is 0. The number of allylic oxidation sites excluding steroid dienone is 6. The first-order valence-corrected chi connectivity index (χ1v) is 12.2. The number of carbonyl (C=O) groups is 1. The number of hydrogen-bond donors (Lipinski definition) is 0. The maximum atomic E-state index is 10.8. The lowest BCUT2D eigenvalue weighted by Crippen LogP contribution is -2.33. The van der Waals surface area contributed by atoms with Crippen molar-refractivity contribution in [2.75, 3.05) is 6.16 Å². The molecular weight excluding hydrogens is 383 g/mol. The van der Waals surface area contributed by atoms with Crippen LogP contribution in [-0.2, 0) is 4.79 Å². The van der Waals surface area contributed by atoms with Gasteiger partial charge in [-0.1, -0.05) is 78.4 Å². The number of benzene rings is 3. The molecule has 0 N–H and O–H groups in total. The zero-order chi connectivity index (χ0) is 21.2. The molecule has 3 aromatic rings. The predicted octanol–water partition coefficient (Wildman–Crippen LogP) is 5.63. The van der Waals surface area contributed by atoms with Crippen LogP contribution in [-0.4, -0.2) is 12.4 Å². The number of rotatable bonds is 8. The summed E-state index contributed by atoms with van der Waals surface area (Å²) in [6.45, 7) is 3.93. The monoisotopic (exact) mass is 411 g/mol. The molecule has 0 radical (unpaired) electrons. The summed E-state index contributed by atoms with van der Waals surface area (Å²) in [6.07, 6.45) is 10.0. The average Bonchev–Trinajstić information content (AvgIpc) is 2.81. The summed E-state index contributed by atoms with van der Waals surface area (Å²) in [6, 6.07) is 32.7. The van der Waals surface area contributed by atoms with E-state index in [9.17, 15) is 4.79 Å². The fourth-order valence-electron chi connectivity index (χ4n) is 3.55. The summed E-state index contributed by atoms with van der Waals surface area (Å²) in [5.41, 5.74) is 1.91. The minimum Gasteiger partial charge on any atom is -0.298 e. The Hall–Kier alpha value is -3.02. The molecule has 0 atom stereocenters. The molecular formula is C28H28OP+. The van der Waals surface area contributed by atoms with Crippen LogP contribution in [0, 0.1) is 0 Å². The van der Waals surface area contributed by atoms with Gasteiger partial charge >= 0.3 is 0 Å². The lowest BCUT2D eigenvalue weighted by atomic mass is 10.2. The zero-order valence-corrected chi connectivity index (χ0v) is 18.5. The van der Waals surface area contributed by atoms with E-state index in [1.807, 2.05) is 19.1 Å². The number of hydrogen-bond acceptors (Lipinski definition) is 1. The van der Waals surface area contributed by atoms with Crippen LogP contribution < -0.4 is 15.9 Å². The largest absolute Gasteiger partial charge is 0.298 e. The van der Waals surface area contributed by atoms with Crippen molar-refractivity contribution in [2.45, 2.75) is 13.8 Å². The first kappa shape index (κ1) is 21.7. The van der Waals surface area contributed by atoms with E-state index in [1.165, 1.54) is 21.5 Å². The lowest BCUT2D eigenvalue weighted by Gasteiger charge is -2.26.